The smallest absolute Gasteiger partial charge is 0.0558 e. The molecule has 4 heteroatoms. The van der Waals surface area contributed by atoms with Crippen LogP contribution in [0.1, 0.15) is 5.56 Å². The average molecular weight is 271 g/mol. The van der Waals surface area contributed by atoms with E-state index in [-0.39, 0.29) is 6.61 Å². The summed E-state index contributed by atoms with van der Waals surface area (Å²) in [6.07, 6.45) is 3.59. The molecular formula is C11H15BrN2O. The number of aliphatic hydroxyl groups excluding tert-OH is 1. The Labute approximate surface area is 98.6 Å². The zero-order valence-electron chi connectivity index (χ0n) is 8.56. The normalized spacial score (nSPS) is 10.6. The lowest BCUT2D eigenvalue weighted by atomic mass is 10.2. The molecule has 0 saturated carbocycles. The highest BCUT2D eigenvalue weighted by molar-refractivity contribution is 9.11. The minimum absolute atomic E-state index is 0.153. The predicted octanol–water partition coefficient (Wildman–Crippen LogP) is 1.78. The Kier molecular flexibility index (Phi) is 5.53. The minimum Gasteiger partial charge on any atom is -0.395 e. The number of hydrogen-bond acceptors (Lipinski definition) is 3. The lowest BCUT2D eigenvalue weighted by Crippen LogP contribution is -2.27. The lowest BCUT2D eigenvalue weighted by Gasteiger charge is -2.20. The number of aliphatic hydroxyl groups is 1. The summed E-state index contributed by atoms with van der Waals surface area (Å²) < 4.78 is 0.917. The first-order valence-electron chi connectivity index (χ1n) is 4.77. The largest absolute Gasteiger partial charge is 0.395 e. The SMILES string of the molecule is C=C(Br)CN(CCO)Cc1cccnc1. The maximum absolute atomic E-state index is 8.93. The Morgan fingerprint density at radius 1 is 1.60 bits per heavy atom. The molecular weight excluding hydrogens is 256 g/mol. The summed E-state index contributed by atoms with van der Waals surface area (Å²) in [5.41, 5.74) is 1.14. The zero-order chi connectivity index (χ0) is 11.1. The molecule has 1 aromatic rings. The third kappa shape index (κ3) is 5.06. The van der Waals surface area contributed by atoms with Crippen molar-refractivity contribution in [1.29, 1.82) is 0 Å². The van der Waals surface area contributed by atoms with Gasteiger partial charge in [-0.25, -0.2) is 0 Å². The highest BCUT2D eigenvalue weighted by atomic mass is 79.9. The van der Waals surface area contributed by atoms with E-state index in [0.29, 0.717) is 6.54 Å². The molecule has 3 nitrogen and oxygen atoms in total. The first kappa shape index (κ1) is 12.4. The van der Waals surface area contributed by atoms with Crippen molar-refractivity contribution in [2.24, 2.45) is 0 Å². The molecule has 0 unspecified atom stereocenters. The Morgan fingerprint density at radius 3 is 2.93 bits per heavy atom. The van der Waals surface area contributed by atoms with Crippen LogP contribution in [0.2, 0.25) is 0 Å². The molecule has 0 aliphatic heterocycles. The third-order valence-electron chi connectivity index (χ3n) is 1.94. The molecule has 0 aliphatic rings. The van der Waals surface area contributed by atoms with Crippen molar-refractivity contribution in [2.75, 3.05) is 19.7 Å². The first-order valence-corrected chi connectivity index (χ1v) is 5.57. The van der Waals surface area contributed by atoms with E-state index < -0.39 is 0 Å². The van der Waals surface area contributed by atoms with Crippen LogP contribution in [0.5, 0.6) is 0 Å². The molecule has 0 atom stereocenters. The van der Waals surface area contributed by atoms with Gasteiger partial charge in [-0.2, -0.15) is 0 Å². The summed E-state index contributed by atoms with van der Waals surface area (Å²) in [6, 6.07) is 3.93. The Bertz CT molecular complexity index is 303. The molecule has 0 aliphatic carbocycles. The molecule has 0 spiro atoms. The molecule has 0 fully saturated rings. The van der Waals surface area contributed by atoms with Gasteiger partial charge in [0.2, 0.25) is 0 Å². The van der Waals surface area contributed by atoms with Gasteiger partial charge >= 0.3 is 0 Å². The molecule has 1 aromatic heterocycles. The summed E-state index contributed by atoms with van der Waals surface area (Å²) in [4.78, 5) is 6.16. The van der Waals surface area contributed by atoms with Crippen molar-refractivity contribution in [3.05, 3.63) is 41.2 Å². The second-order valence-electron chi connectivity index (χ2n) is 3.31. The van der Waals surface area contributed by atoms with Crippen molar-refractivity contribution in [2.45, 2.75) is 6.54 Å². The van der Waals surface area contributed by atoms with Gasteiger partial charge in [0.25, 0.3) is 0 Å². The number of nitrogens with zero attached hydrogens (tertiary/aromatic N) is 2. The van der Waals surface area contributed by atoms with E-state index in [1.807, 2.05) is 18.3 Å². The molecule has 0 amide bonds. The molecule has 0 aromatic carbocycles. The predicted molar refractivity (Wildman–Crippen MR) is 64.7 cm³/mol. The van der Waals surface area contributed by atoms with Crippen molar-refractivity contribution < 1.29 is 5.11 Å². The number of halogens is 1. The number of aromatic nitrogens is 1. The van der Waals surface area contributed by atoms with E-state index in [4.69, 9.17) is 5.11 Å². The van der Waals surface area contributed by atoms with Gasteiger partial charge in [0.15, 0.2) is 0 Å². The molecule has 82 valence electrons. The van der Waals surface area contributed by atoms with Crippen LogP contribution in [0.25, 0.3) is 0 Å². The second kappa shape index (κ2) is 6.71. The van der Waals surface area contributed by atoms with Crippen LogP contribution in [0.4, 0.5) is 0 Å². The van der Waals surface area contributed by atoms with E-state index in [1.165, 1.54) is 0 Å². The maximum atomic E-state index is 8.93. The molecule has 1 N–H and O–H groups in total. The minimum atomic E-state index is 0.153. The Hall–Kier alpha value is -0.710. The fraction of sp³-hybridized carbons (Fsp3) is 0.364. The van der Waals surface area contributed by atoms with Crippen LogP contribution in [-0.4, -0.2) is 34.7 Å². The van der Waals surface area contributed by atoms with Gasteiger partial charge in [-0.05, 0) is 11.6 Å². The van der Waals surface area contributed by atoms with Crippen molar-refractivity contribution >= 4 is 15.9 Å². The lowest BCUT2D eigenvalue weighted by molar-refractivity contribution is 0.203. The third-order valence-corrected chi connectivity index (χ3v) is 2.19. The highest BCUT2D eigenvalue weighted by Crippen LogP contribution is 2.08. The van der Waals surface area contributed by atoms with Crippen LogP contribution < -0.4 is 0 Å². The van der Waals surface area contributed by atoms with E-state index in [1.54, 1.807) is 6.20 Å². The van der Waals surface area contributed by atoms with Crippen molar-refractivity contribution in [1.82, 2.24) is 9.88 Å². The van der Waals surface area contributed by atoms with Gasteiger partial charge < -0.3 is 5.11 Å². The van der Waals surface area contributed by atoms with Gasteiger partial charge in [-0.15, -0.1) is 0 Å². The van der Waals surface area contributed by atoms with E-state index >= 15 is 0 Å². The van der Waals surface area contributed by atoms with Gasteiger partial charge in [0.05, 0.1) is 6.61 Å². The molecule has 1 rings (SSSR count). The number of pyridine rings is 1. The Morgan fingerprint density at radius 2 is 2.40 bits per heavy atom. The summed E-state index contributed by atoms with van der Waals surface area (Å²) in [7, 11) is 0. The summed E-state index contributed by atoms with van der Waals surface area (Å²) in [5.74, 6) is 0. The van der Waals surface area contributed by atoms with E-state index in [0.717, 1.165) is 23.1 Å². The van der Waals surface area contributed by atoms with Crippen LogP contribution in [0.15, 0.2) is 35.6 Å². The first-order chi connectivity index (χ1) is 7.22. The monoisotopic (exact) mass is 270 g/mol. The number of rotatable bonds is 6. The van der Waals surface area contributed by atoms with Gasteiger partial charge in [0, 0.05) is 36.5 Å². The van der Waals surface area contributed by atoms with Crippen LogP contribution in [0.3, 0.4) is 0 Å². The van der Waals surface area contributed by atoms with Crippen LogP contribution in [0, 0.1) is 0 Å². The fourth-order valence-electron chi connectivity index (χ4n) is 1.35. The van der Waals surface area contributed by atoms with Gasteiger partial charge in [-0.1, -0.05) is 28.6 Å². The Balaban J connectivity index is 2.54. The van der Waals surface area contributed by atoms with Crippen molar-refractivity contribution in [3.8, 4) is 0 Å². The van der Waals surface area contributed by atoms with E-state index in [9.17, 15) is 0 Å². The zero-order valence-corrected chi connectivity index (χ0v) is 10.2. The second-order valence-corrected chi connectivity index (χ2v) is 4.43. The maximum Gasteiger partial charge on any atom is 0.0558 e. The molecule has 1 heterocycles. The topological polar surface area (TPSA) is 36.4 Å². The quantitative estimate of drug-likeness (QED) is 0.856. The molecule has 15 heavy (non-hydrogen) atoms. The average Bonchev–Trinajstić information content (AvgIpc) is 2.18. The van der Waals surface area contributed by atoms with Crippen LogP contribution >= 0.6 is 15.9 Å². The van der Waals surface area contributed by atoms with E-state index in [2.05, 4.69) is 32.4 Å². The summed E-state index contributed by atoms with van der Waals surface area (Å²) >= 11 is 3.32. The standard InChI is InChI=1S/C11H15BrN2O/c1-10(12)8-14(5-6-15)9-11-3-2-4-13-7-11/h2-4,7,15H,1,5-6,8-9H2. The summed E-state index contributed by atoms with van der Waals surface area (Å²) in [6.45, 7) is 6.10. The van der Waals surface area contributed by atoms with Gasteiger partial charge in [0.1, 0.15) is 0 Å². The van der Waals surface area contributed by atoms with Crippen molar-refractivity contribution in [3.63, 3.8) is 0 Å². The summed E-state index contributed by atoms with van der Waals surface area (Å²) in [5, 5.41) is 8.93. The fourth-order valence-corrected chi connectivity index (χ4v) is 1.70. The molecule has 0 bridgehead atoms. The molecule has 0 radical (unpaired) electrons. The highest BCUT2D eigenvalue weighted by Gasteiger charge is 2.05. The molecule has 0 saturated heterocycles. The van der Waals surface area contributed by atoms with Crippen LogP contribution in [-0.2, 0) is 6.54 Å². The number of hydrogen-bond donors (Lipinski definition) is 1. The van der Waals surface area contributed by atoms with Gasteiger partial charge in [-0.3, -0.25) is 9.88 Å².